The largest absolute Gasteiger partial charge is 0.382 e. The van der Waals surface area contributed by atoms with Crippen molar-refractivity contribution in [2.24, 2.45) is 7.05 Å². The van der Waals surface area contributed by atoms with Gasteiger partial charge in [0.15, 0.2) is 0 Å². The molecule has 0 spiro atoms. The van der Waals surface area contributed by atoms with Gasteiger partial charge in [-0.25, -0.2) is 0 Å². The van der Waals surface area contributed by atoms with E-state index < -0.39 is 5.78 Å². The molecule has 2 aromatic rings. The Morgan fingerprint density at radius 1 is 1.36 bits per heavy atom. The van der Waals surface area contributed by atoms with Gasteiger partial charge in [0.2, 0.25) is 5.78 Å². The Morgan fingerprint density at radius 2 is 2.08 bits per heavy atom. The molecule has 0 fully saturated rings. The van der Waals surface area contributed by atoms with E-state index in [4.69, 9.17) is 21.1 Å². The van der Waals surface area contributed by atoms with Gasteiger partial charge in [0.1, 0.15) is 5.56 Å². The Labute approximate surface area is 155 Å². The van der Waals surface area contributed by atoms with Crippen molar-refractivity contribution in [3.05, 3.63) is 49.9 Å². The van der Waals surface area contributed by atoms with Crippen LogP contribution in [0.15, 0.2) is 21.8 Å². The number of aryl methyl sites for hydroxylation is 2. The SMILES string of the molecule is COCCOCc1c(SC)ccc(C(=O)c2c(C)[nH]n(C)c2=O)c1Cl. The van der Waals surface area contributed by atoms with E-state index in [2.05, 4.69) is 5.10 Å². The van der Waals surface area contributed by atoms with E-state index in [-0.39, 0.29) is 17.7 Å². The van der Waals surface area contributed by atoms with Gasteiger partial charge in [0.05, 0.1) is 24.8 Å². The molecule has 0 unspecified atom stereocenters. The number of methoxy groups -OCH3 is 1. The van der Waals surface area contributed by atoms with Gasteiger partial charge < -0.3 is 9.47 Å². The van der Waals surface area contributed by atoms with Crippen LogP contribution in [0.2, 0.25) is 5.02 Å². The molecule has 1 aromatic carbocycles. The quantitative estimate of drug-likeness (QED) is 0.430. The molecule has 0 saturated carbocycles. The van der Waals surface area contributed by atoms with E-state index in [1.807, 2.05) is 12.3 Å². The smallest absolute Gasteiger partial charge is 0.277 e. The number of hydrogen-bond acceptors (Lipinski definition) is 5. The maximum Gasteiger partial charge on any atom is 0.277 e. The van der Waals surface area contributed by atoms with Crippen LogP contribution in [0.1, 0.15) is 27.2 Å². The van der Waals surface area contributed by atoms with Gasteiger partial charge in [-0.15, -0.1) is 11.8 Å². The number of halogens is 1. The Hall–Kier alpha value is -1.54. The van der Waals surface area contributed by atoms with Crippen molar-refractivity contribution in [3.8, 4) is 0 Å². The summed E-state index contributed by atoms with van der Waals surface area (Å²) in [6, 6.07) is 3.48. The molecule has 0 saturated heterocycles. The van der Waals surface area contributed by atoms with Crippen LogP contribution >= 0.6 is 23.4 Å². The number of H-pyrrole nitrogens is 1. The summed E-state index contributed by atoms with van der Waals surface area (Å²) in [6.07, 6.45) is 1.93. The van der Waals surface area contributed by atoms with Gasteiger partial charge in [-0.2, -0.15) is 0 Å². The maximum absolute atomic E-state index is 12.9. The highest BCUT2D eigenvalue weighted by Crippen LogP contribution is 2.32. The van der Waals surface area contributed by atoms with Crippen molar-refractivity contribution in [2.45, 2.75) is 18.4 Å². The molecule has 25 heavy (non-hydrogen) atoms. The minimum atomic E-state index is -0.393. The summed E-state index contributed by atoms with van der Waals surface area (Å²) in [4.78, 5) is 26.0. The van der Waals surface area contributed by atoms with Crippen LogP contribution < -0.4 is 5.56 Å². The maximum atomic E-state index is 12.9. The number of hydrogen-bond donors (Lipinski definition) is 1. The number of aromatic amines is 1. The topological polar surface area (TPSA) is 73.3 Å². The molecule has 1 N–H and O–H groups in total. The molecule has 8 heteroatoms. The zero-order valence-corrected chi connectivity index (χ0v) is 16.2. The van der Waals surface area contributed by atoms with Crippen molar-refractivity contribution in [1.82, 2.24) is 9.78 Å². The van der Waals surface area contributed by atoms with Crippen LogP contribution in [-0.4, -0.2) is 42.1 Å². The zero-order valence-electron chi connectivity index (χ0n) is 14.6. The number of carbonyl (C=O) groups excluding carboxylic acids is 1. The van der Waals surface area contributed by atoms with Crippen molar-refractivity contribution >= 4 is 29.1 Å². The first kappa shape index (κ1) is 19.8. The summed E-state index contributed by atoms with van der Waals surface area (Å²) < 4.78 is 11.8. The molecule has 0 aliphatic rings. The number of ether oxygens (including phenoxy) is 2. The molecule has 0 radical (unpaired) electrons. The van der Waals surface area contributed by atoms with E-state index in [0.717, 1.165) is 10.5 Å². The molecule has 6 nitrogen and oxygen atoms in total. The van der Waals surface area contributed by atoms with E-state index in [1.165, 1.54) is 16.4 Å². The first-order chi connectivity index (χ1) is 11.9. The summed E-state index contributed by atoms with van der Waals surface area (Å²) >= 11 is 8.02. The van der Waals surface area contributed by atoms with Crippen LogP contribution in [0.25, 0.3) is 0 Å². The van der Waals surface area contributed by atoms with E-state index >= 15 is 0 Å². The van der Waals surface area contributed by atoms with Crippen molar-refractivity contribution in [2.75, 3.05) is 26.6 Å². The molecule has 0 atom stereocenters. The monoisotopic (exact) mass is 384 g/mol. The number of ketones is 1. The first-order valence-corrected chi connectivity index (χ1v) is 9.25. The van der Waals surface area contributed by atoms with Crippen LogP contribution in [0.5, 0.6) is 0 Å². The number of aromatic nitrogens is 2. The van der Waals surface area contributed by atoms with Gasteiger partial charge >= 0.3 is 0 Å². The number of rotatable bonds is 8. The second kappa shape index (κ2) is 8.71. The van der Waals surface area contributed by atoms with Crippen LogP contribution in [0.3, 0.4) is 0 Å². The first-order valence-electron chi connectivity index (χ1n) is 7.64. The van der Waals surface area contributed by atoms with Crippen molar-refractivity contribution in [3.63, 3.8) is 0 Å². The zero-order chi connectivity index (χ0) is 18.6. The van der Waals surface area contributed by atoms with Gasteiger partial charge in [-0.3, -0.25) is 19.4 Å². The molecular weight excluding hydrogens is 364 g/mol. The molecule has 0 aliphatic carbocycles. The second-order valence-corrected chi connectivity index (χ2v) is 6.68. The molecule has 0 bridgehead atoms. The summed E-state index contributed by atoms with van der Waals surface area (Å²) in [7, 11) is 3.17. The molecule has 136 valence electrons. The number of benzene rings is 1. The minimum absolute atomic E-state index is 0.104. The number of nitrogens with zero attached hydrogens (tertiary/aromatic N) is 1. The lowest BCUT2D eigenvalue weighted by molar-refractivity contribution is 0.0608. The fourth-order valence-corrected chi connectivity index (χ4v) is 3.48. The second-order valence-electron chi connectivity index (χ2n) is 5.46. The third-order valence-electron chi connectivity index (χ3n) is 3.80. The molecule has 2 rings (SSSR count). The molecule has 1 heterocycles. The Morgan fingerprint density at radius 3 is 2.64 bits per heavy atom. The number of thioether (sulfide) groups is 1. The normalized spacial score (nSPS) is 11.1. The minimum Gasteiger partial charge on any atom is -0.382 e. The Kier molecular flexibility index (Phi) is 6.89. The van der Waals surface area contributed by atoms with Crippen molar-refractivity contribution < 1.29 is 14.3 Å². The highest BCUT2D eigenvalue weighted by atomic mass is 35.5. The molecular formula is C17H21ClN2O4S. The summed E-state index contributed by atoms with van der Waals surface area (Å²) in [6.45, 7) is 2.86. The third-order valence-corrected chi connectivity index (χ3v) is 5.05. The van der Waals surface area contributed by atoms with Gasteiger partial charge in [0.25, 0.3) is 5.56 Å². The van der Waals surface area contributed by atoms with Gasteiger partial charge in [-0.05, 0) is 25.3 Å². The Bertz CT molecular complexity index is 829. The van der Waals surface area contributed by atoms with Crippen LogP contribution in [-0.2, 0) is 23.1 Å². The summed E-state index contributed by atoms with van der Waals surface area (Å²) in [5.41, 5.74) is 1.28. The van der Waals surface area contributed by atoms with Crippen molar-refractivity contribution in [1.29, 1.82) is 0 Å². The highest BCUT2D eigenvalue weighted by molar-refractivity contribution is 7.98. The standard InChI is InChI=1S/C17H21ClN2O4S/c1-10-14(17(22)20(2)19-10)16(21)11-5-6-13(25-4)12(15(11)18)9-24-8-7-23-3/h5-6,19H,7-9H2,1-4H3. The average molecular weight is 385 g/mol. The Balaban J connectivity index is 2.41. The molecule has 0 amide bonds. The van der Waals surface area contributed by atoms with Crippen LogP contribution in [0.4, 0.5) is 0 Å². The van der Waals surface area contributed by atoms with Crippen LogP contribution in [0, 0.1) is 6.92 Å². The van der Waals surface area contributed by atoms with Gasteiger partial charge in [0, 0.05) is 35.9 Å². The predicted octanol–water partition coefficient (Wildman–Crippen LogP) is 2.79. The van der Waals surface area contributed by atoms with Gasteiger partial charge in [-0.1, -0.05) is 11.6 Å². The lowest BCUT2D eigenvalue weighted by atomic mass is 10.0. The predicted molar refractivity (Wildman–Crippen MR) is 99.0 cm³/mol. The number of nitrogens with one attached hydrogen (secondary N) is 1. The number of carbonyl (C=O) groups is 1. The summed E-state index contributed by atoms with van der Waals surface area (Å²) in [5, 5.41) is 3.15. The highest BCUT2D eigenvalue weighted by Gasteiger charge is 2.23. The fraction of sp³-hybridized carbons (Fsp3) is 0.412. The molecule has 0 aliphatic heterocycles. The lowest BCUT2D eigenvalue weighted by Crippen LogP contribution is -2.20. The fourth-order valence-electron chi connectivity index (χ4n) is 2.51. The lowest BCUT2D eigenvalue weighted by Gasteiger charge is -2.13. The average Bonchev–Trinajstić information content (AvgIpc) is 2.84. The van der Waals surface area contributed by atoms with E-state index in [0.29, 0.717) is 29.5 Å². The summed E-state index contributed by atoms with van der Waals surface area (Å²) in [5.74, 6) is -0.393. The third kappa shape index (κ3) is 4.17. The van der Waals surface area contributed by atoms with E-state index in [1.54, 1.807) is 27.1 Å². The van der Waals surface area contributed by atoms with E-state index in [9.17, 15) is 9.59 Å². The molecule has 1 aromatic heterocycles.